The fourth-order valence-electron chi connectivity index (χ4n) is 1.41. The lowest BCUT2D eigenvalue weighted by Gasteiger charge is -2.10. The van der Waals surface area contributed by atoms with Crippen molar-refractivity contribution in [2.75, 3.05) is 17.6 Å². The smallest absolute Gasteiger partial charge is 0.389 e. The number of halogens is 3. The van der Waals surface area contributed by atoms with E-state index in [2.05, 4.69) is 5.32 Å². The summed E-state index contributed by atoms with van der Waals surface area (Å²) in [5.41, 5.74) is 3.78. The Morgan fingerprint density at radius 2 is 2.11 bits per heavy atom. The van der Waals surface area contributed by atoms with Gasteiger partial charge in [0.1, 0.15) is 4.99 Å². The van der Waals surface area contributed by atoms with E-state index in [0.717, 1.165) is 16.8 Å². The molecule has 2 nitrogen and oxygen atoms in total. The number of anilines is 1. The van der Waals surface area contributed by atoms with Crippen molar-refractivity contribution in [1.29, 1.82) is 0 Å². The van der Waals surface area contributed by atoms with Crippen molar-refractivity contribution < 1.29 is 13.2 Å². The van der Waals surface area contributed by atoms with Gasteiger partial charge in [0.15, 0.2) is 0 Å². The summed E-state index contributed by atoms with van der Waals surface area (Å²) < 4.78 is 35.7. The maximum atomic E-state index is 11.9. The molecule has 0 unspecified atom stereocenters. The van der Waals surface area contributed by atoms with Gasteiger partial charge >= 0.3 is 5.51 Å². The van der Waals surface area contributed by atoms with Crippen LogP contribution in [0, 0.1) is 6.92 Å². The molecule has 0 heterocycles. The molecular formula is C11H13F3N2S2. The van der Waals surface area contributed by atoms with E-state index in [1.807, 2.05) is 13.0 Å². The van der Waals surface area contributed by atoms with E-state index in [1.165, 1.54) is 0 Å². The molecule has 0 amide bonds. The zero-order chi connectivity index (χ0) is 13.8. The second-order valence-corrected chi connectivity index (χ2v) is 5.21. The van der Waals surface area contributed by atoms with Gasteiger partial charge in [0, 0.05) is 23.5 Å². The minimum absolute atomic E-state index is 0.0282. The van der Waals surface area contributed by atoms with E-state index in [4.69, 9.17) is 18.0 Å². The molecule has 3 N–H and O–H groups in total. The van der Waals surface area contributed by atoms with Crippen LogP contribution in [0.3, 0.4) is 0 Å². The van der Waals surface area contributed by atoms with E-state index in [0.29, 0.717) is 4.99 Å². The third-order valence-electron chi connectivity index (χ3n) is 2.19. The Morgan fingerprint density at radius 3 is 2.61 bits per heavy atom. The normalized spacial score (nSPS) is 11.3. The van der Waals surface area contributed by atoms with Crippen LogP contribution in [-0.2, 0) is 0 Å². The fourth-order valence-corrected chi connectivity index (χ4v) is 2.08. The summed E-state index contributed by atoms with van der Waals surface area (Å²) in [4.78, 5) is 0.312. The molecule has 0 bridgehead atoms. The molecule has 0 radical (unpaired) electrons. The summed E-state index contributed by atoms with van der Waals surface area (Å²) >= 11 is 4.83. The van der Waals surface area contributed by atoms with Crippen molar-refractivity contribution in [3.8, 4) is 0 Å². The number of nitrogens with one attached hydrogen (secondary N) is 1. The molecule has 1 aromatic rings. The minimum Gasteiger partial charge on any atom is -0.389 e. The Balaban J connectivity index is 2.49. The summed E-state index contributed by atoms with van der Waals surface area (Å²) in [6.07, 6.45) is 0. The van der Waals surface area contributed by atoms with Crippen molar-refractivity contribution in [1.82, 2.24) is 0 Å². The van der Waals surface area contributed by atoms with Crippen molar-refractivity contribution in [3.05, 3.63) is 29.3 Å². The monoisotopic (exact) mass is 294 g/mol. The van der Waals surface area contributed by atoms with Crippen LogP contribution in [0.2, 0.25) is 0 Å². The van der Waals surface area contributed by atoms with Gasteiger partial charge in [-0.25, -0.2) is 0 Å². The lowest BCUT2D eigenvalue weighted by atomic mass is 10.1. The van der Waals surface area contributed by atoms with E-state index >= 15 is 0 Å². The maximum Gasteiger partial charge on any atom is 0.441 e. The Hall–Kier alpha value is -0.950. The first kappa shape index (κ1) is 15.1. The number of benzene rings is 1. The lowest BCUT2D eigenvalue weighted by Crippen LogP contribution is -2.12. The SMILES string of the molecule is Cc1cc(NCCSC(F)(F)F)ccc1C(N)=S. The van der Waals surface area contributed by atoms with Gasteiger partial charge in [-0.3, -0.25) is 0 Å². The number of alkyl halides is 3. The van der Waals surface area contributed by atoms with E-state index in [1.54, 1.807) is 12.1 Å². The topological polar surface area (TPSA) is 38.0 Å². The highest BCUT2D eigenvalue weighted by Crippen LogP contribution is 2.29. The second kappa shape index (κ2) is 6.29. The highest BCUT2D eigenvalue weighted by atomic mass is 32.2. The Labute approximate surface area is 113 Å². The van der Waals surface area contributed by atoms with Gasteiger partial charge in [-0.15, -0.1) is 0 Å². The van der Waals surface area contributed by atoms with Crippen LogP contribution in [0.5, 0.6) is 0 Å². The van der Waals surface area contributed by atoms with Gasteiger partial charge in [-0.05, 0) is 42.4 Å². The van der Waals surface area contributed by atoms with E-state index < -0.39 is 5.51 Å². The van der Waals surface area contributed by atoms with Gasteiger partial charge in [0.2, 0.25) is 0 Å². The molecule has 0 atom stereocenters. The zero-order valence-corrected chi connectivity index (χ0v) is 11.3. The zero-order valence-electron chi connectivity index (χ0n) is 9.67. The predicted molar refractivity (Wildman–Crippen MR) is 74.1 cm³/mol. The number of aryl methyl sites for hydroxylation is 1. The van der Waals surface area contributed by atoms with Crippen LogP contribution in [-0.4, -0.2) is 22.8 Å². The summed E-state index contributed by atoms with van der Waals surface area (Å²) in [6, 6.07) is 5.32. The first-order valence-corrected chi connectivity index (χ1v) is 6.54. The summed E-state index contributed by atoms with van der Waals surface area (Å²) in [6.45, 7) is 2.10. The quantitative estimate of drug-likeness (QED) is 0.645. The molecule has 0 saturated heterocycles. The van der Waals surface area contributed by atoms with Crippen LogP contribution in [0.1, 0.15) is 11.1 Å². The van der Waals surface area contributed by atoms with Crippen LogP contribution in [0.25, 0.3) is 0 Å². The molecule has 0 fully saturated rings. The van der Waals surface area contributed by atoms with Gasteiger partial charge in [-0.1, -0.05) is 12.2 Å². The standard InChI is InChI=1S/C11H13F3N2S2/c1-7-6-8(2-3-9(7)10(15)17)16-4-5-18-11(12,13)14/h2-3,6,16H,4-5H2,1H3,(H2,15,17). The van der Waals surface area contributed by atoms with Gasteiger partial charge in [0.05, 0.1) is 0 Å². The number of hydrogen-bond acceptors (Lipinski definition) is 3. The lowest BCUT2D eigenvalue weighted by molar-refractivity contribution is -0.0327. The highest BCUT2D eigenvalue weighted by Gasteiger charge is 2.27. The average molecular weight is 294 g/mol. The molecule has 0 aliphatic carbocycles. The second-order valence-electron chi connectivity index (χ2n) is 3.61. The molecule has 18 heavy (non-hydrogen) atoms. The molecule has 0 spiro atoms. The first-order chi connectivity index (χ1) is 8.29. The number of hydrogen-bond donors (Lipinski definition) is 2. The third-order valence-corrected chi connectivity index (χ3v) is 3.14. The molecule has 100 valence electrons. The molecule has 0 aliphatic rings. The Kier molecular flexibility index (Phi) is 5.28. The fraction of sp³-hybridized carbons (Fsp3) is 0.364. The van der Waals surface area contributed by atoms with Crippen molar-refractivity contribution in [2.45, 2.75) is 12.4 Å². The number of rotatable bonds is 5. The molecule has 1 aromatic carbocycles. The van der Waals surface area contributed by atoms with E-state index in [9.17, 15) is 13.2 Å². The Bertz CT molecular complexity index is 433. The molecule has 0 aliphatic heterocycles. The predicted octanol–water partition coefficient (Wildman–Crippen LogP) is 3.29. The summed E-state index contributed by atoms with van der Waals surface area (Å²) in [7, 11) is 0. The van der Waals surface area contributed by atoms with Crippen LogP contribution in [0.4, 0.5) is 18.9 Å². The molecule has 0 aromatic heterocycles. The van der Waals surface area contributed by atoms with Crippen LogP contribution < -0.4 is 11.1 Å². The molecule has 7 heteroatoms. The summed E-state index contributed by atoms with van der Waals surface area (Å²) in [5, 5.41) is 2.92. The van der Waals surface area contributed by atoms with Crippen LogP contribution >= 0.6 is 24.0 Å². The minimum atomic E-state index is -4.17. The number of thioether (sulfide) groups is 1. The molecule has 0 saturated carbocycles. The maximum absolute atomic E-state index is 11.9. The van der Waals surface area contributed by atoms with Crippen molar-refractivity contribution in [2.24, 2.45) is 5.73 Å². The van der Waals surface area contributed by atoms with E-state index in [-0.39, 0.29) is 24.1 Å². The molecular weight excluding hydrogens is 281 g/mol. The summed E-state index contributed by atoms with van der Waals surface area (Å²) in [5.74, 6) is -0.0282. The number of thiocarbonyl (C=S) groups is 1. The molecule has 1 rings (SSSR count). The van der Waals surface area contributed by atoms with Gasteiger partial charge < -0.3 is 11.1 Å². The van der Waals surface area contributed by atoms with Gasteiger partial charge in [0.25, 0.3) is 0 Å². The van der Waals surface area contributed by atoms with Crippen LogP contribution in [0.15, 0.2) is 18.2 Å². The first-order valence-electron chi connectivity index (χ1n) is 5.14. The van der Waals surface area contributed by atoms with Gasteiger partial charge in [-0.2, -0.15) is 13.2 Å². The Morgan fingerprint density at radius 1 is 1.44 bits per heavy atom. The van der Waals surface area contributed by atoms with Crippen molar-refractivity contribution in [3.63, 3.8) is 0 Å². The highest BCUT2D eigenvalue weighted by molar-refractivity contribution is 8.00. The largest absolute Gasteiger partial charge is 0.441 e. The number of nitrogens with two attached hydrogens (primary N) is 1. The third kappa shape index (κ3) is 5.14. The van der Waals surface area contributed by atoms with Crippen molar-refractivity contribution >= 4 is 34.7 Å². The average Bonchev–Trinajstić information content (AvgIpc) is 2.22.